The van der Waals surface area contributed by atoms with E-state index in [2.05, 4.69) is 43.1 Å². The molecule has 38 heavy (non-hydrogen) atoms. The van der Waals surface area contributed by atoms with Crippen LogP contribution in [0.4, 0.5) is 8.78 Å². The van der Waals surface area contributed by atoms with Gasteiger partial charge in [0.05, 0.1) is 10.6 Å². The summed E-state index contributed by atoms with van der Waals surface area (Å²) in [6.45, 7) is 4.43. The lowest BCUT2D eigenvalue weighted by Gasteiger charge is -2.07. The number of halogens is 2. The van der Waals surface area contributed by atoms with Crippen LogP contribution in [-0.2, 0) is 12.8 Å². The molecule has 0 amide bonds. The van der Waals surface area contributed by atoms with Gasteiger partial charge >= 0.3 is 0 Å². The molecule has 0 atom stereocenters. The van der Waals surface area contributed by atoms with Gasteiger partial charge in [0, 0.05) is 18.0 Å². The molecule has 2 aromatic heterocycles. The molecule has 0 bridgehead atoms. The van der Waals surface area contributed by atoms with Crippen molar-refractivity contribution in [2.45, 2.75) is 104 Å². The smallest absolute Gasteiger partial charge is 0.194 e. The van der Waals surface area contributed by atoms with E-state index in [1.165, 1.54) is 63.4 Å². The van der Waals surface area contributed by atoms with Crippen molar-refractivity contribution < 1.29 is 8.78 Å². The molecule has 0 saturated heterocycles. The summed E-state index contributed by atoms with van der Waals surface area (Å²) in [5, 5.41) is 0. The van der Waals surface area contributed by atoms with Gasteiger partial charge in [-0.25, -0.2) is 13.8 Å². The topological polar surface area (TPSA) is 17.3 Å². The van der Waals surface area contributed by atoms with Gasteiger partial charge in [0.2, 0.25) is 0 Å². The minimum absolute atomic E-state index is 0.226. The van der Waals surface area contributed by atoms with E-state index in [1.54, 1.807) is 29.7 Å². The van der Waals surface area contributed by atoms with E-state index in [-0.39, 0.29) is 5.56 Å². The minimum atomic E-state index is -0.793. The molecular weight excluding hydrogens is 494 g/mol. The number of hydrogen-bond donors (Lipinski definition) is 0. The number of unbranched alkanes of at least 4 members (excludes halogenated alkanes) is 10. The number of rotatable bonds is 16. The lowest BCUT2D eigenvalue weighted by molar-refractivity contribution is 0.497. The van der Waals surface area contributed by atoms with Crippen LogP contribution in [0.25, 0.3) is 26.7 Å². The minimum Gasteiger partial charge on any atom is -0.296 e. The standard InChI is InChI=1S/C33H42F2N2S/c1-3-5-7-9-10-12-13-15-25-17-19-26(20-18-25)30-24-37-23-29(36-33(37)38-30)28-22-21-27(31(34)32(28)35)16-14-11-8-6-4-2/h17-24H,3-16H2,1-2H3. The Labute approximate surface area is 231 Å². The summed E-state index contributed by atoms with van der Waals surface area (Å²) in [7, 11) is 0. The van der Waals surface area contributed by atoms with Crippen molar-refractivity contribution in [3.8, 4) is 21.7 Å². The van der Waals surface area contributed by atoms with E-state index >= 15 is 0 Å². The summed E-state index contributed by atoms with van der Waals surface area (Å²) in [6, 6.07) is 12.2. The zero-order valence-corrected chi connectivity index (χ0v) is 23.9. The van der Waals surface area contributed by atoms with Crippen LogP contribution in [0.3, 0.4) is 0 Å². The van der Waals surface area contributed by atoms with Crippen LogP contribution in [0.5, 0.6) is 0 Å². The van der Waals surface area contributed by atoms with Crippen molar-refractivity contribution in [3.63, 3.8) is 0 Å². The molecule has 2 nitrogen and oxygen atoms in total. The highest BCUT2D eigenvalue weighted by atomic mass is 32.1. The molecule has 0 aliphatic heterocycles. The average molecular weight is 537 g/mol. The highest BCUT2D eigenvalue weighted by Gasteiger charge is 2.18. The molecule has 5 heteroatoms. The SMILES string of the molecule is CCCCCCCCCc1ccc(-c2cn3cc(-c4ccc(CCCCCCC)c(F)c4F)nc3s2)cc1. The average Bonchev–Trinajstić information content (AvgIpc) is 3.50. The third kappa shape index (κ3) is 7.53. The maximum absolute atomic E-state index is 15.0. The molecule has 0 aliphatic carbocycles. The van der Waals surface area contributed by atoms with Gasteiger partial charge in [-0.2, -0.15) is 0 Å². The van der Waals surface area contributed by atoms with Crippen molar-refractivity contribution in [1.29, 1.82) is 0 Å². The van der Waals surface area contributed by atoms with Crippen molar-refractivity contribution in [3.05, 3.63) is 71.6 Å². The lowest BCUT2D eigenvalue weighted by atomic mass is 10.0. The molecular formula is C33H42F2N2S. The van der Waals surface area contributed by atoms with E-state index in [4.69, 9.17) is 0 Å². The predicted molar refractivity (Wildman–Crippen MR) is 158 cm³/mol. The molecule has 2 aromatic carbocycles. The van der Waals surface area contributed by atoms with Crippen molar-refractivity contribution >= 4 is 16.3 Å². The monoisotopic (exact) mass is 536 g/mol. The number of nitrogens with zero attached hydrogens (tertiary/aromatic N) is 2. The Balaban J connectivity index is 1.35. The molecule has 4 aromatic rings. The van der Waals surface area contributed by atoms with Gasteiger partial charge < -0.3 is 0 Å². The Hall–Kier alpha value is -2.53. The van der Waals surface area contributed by atoms with Gasteiger partial charge in [-0.3, -0.25) is 4.40 Å². The third-order valence-electron chi connectivity index (χ3n) is 7.45. The number of thiazole rings is 1. The summed E-state index contributed by atoms with van der Waals surface area (Å²) in [6.07, 6.45) is 20.3. The van der Waals surface area contributed by atoms with E-state index < -0.39 is 11.6 Å². The Bertz CT molecular complexity index is 1240. The Morgan fingerprint density at radius 3 is 1.97 bits per heavy atom. The molecule has 0 fully saturated rings. The van der Waals surface area contributed by atoms with Gasteiger partial charge in [-0.1, -0.05) is 120 Å². The first kappa shape index (κ1) is 28.5. The molecule has 0 aliphatic rings. The normalized spacial score (nSPS) is 11.6. The van der Waals surface area contributed by atoms with Gasteiger partial charge in [0.15, 0.2) is 16.6 Å². The predicted octanol–water partition coefficient (Wildman–Crippen LogP) is 10.8. The Kier molecular flexibility index (Phi) is 10.9. The molecule has 0 radical (unpaired) electrons. The fraction of sp³-hybridized carbons (Fsp3) is 0.485. The highest BCUT2D eigenvalue weighted by Crippen LogP contribution is 2.32. The van der Waals surface area contributed by atoms with Crippen LogP contribution in [0.1, 0.15) is 102 Å². The van der Waals surface area contributed by atoms with Gasteiger partial charge in [0.1, 0.15) is 0 Å². The zero-order valence-electron chi connectivity index (χ0n) is 23.1. The van der Waals surface area contributed by atoms with Gasteiger partial charge in [-0.15, -0.1) is 0 Å². The van der Waals surface area contributed by atoms with E-state index in [9.17, 15) is 8.78 Å². The molecule has 4 rings (SSSR count). The van der Waals surface area contributed by atoms with Crippen molar-refractivity contribution in [2.24, 2.45) is 0 Å². The van der Waals surface area contributed by atoms with Crippen molar-refractivity contribution in [2.75, 3.05) is 0 Å². The number of aryl methyl sites for hydroxylation is 2. The molecule has 204 valence electrons. The highest BCUT2D eigenvalue weighted by molar-refractivity contribution is 7.20. The number of aromatic nitrogens is 2. The summed E-state index contributed by atoms with van der Waals surface area (Å²) in [5.74, 6) is -1.52. The third-order valence-corrected chi connectivity index (χ3v) is 8.50. The summed E-state index contributed by atoms with van der Waals surface area (Å²) >= 11 is 1.57. The van der Waals surface area contributed by atoms with Crippen LogP contribution in [0.2, 0.25) is 0 Å². The van der Waals surface area contributed by atoms with E-state index in [0.717, 1.165) is 41.1 Å². The second-order valence-electron chi connectivity index (χ2n) is 10.5. The second kappa shape index (κ2) is 14.6. The first-order chi connectivity index (χ1) is 18.6. The molecule has 0 unspecified atom stereocenters. The maximum Gasteiger partial charge on any atom is 0.194 e. The van der Waals surface area contributed by atoms with Crippen LogP contribution < -0.4 is 0 Å². The number of benzene rings is 2. The van der Waals surface area contributed by atoms with Crippen LogP contribution in [0, 0.1) is 11.6 Å². The molecule has 2 heterocycles. The fourth-order valence-corrected chi connectivity index (χ4v) is 6.05. The van der Waals surface area contributed by atoms with Crippen molar-refractivity contribution in [1.82, 2.24) is 9.38 Å². The maximum atomic E-state index is 15.0. The molecule has 0 spiro atoms. The zero-order chi connectivity index (χ0) is 26.7. The Morgan fingerprint density at radius 2 is 1.32 bits per heavy atom. The molecule has 0 N–H and O–H groups in total. The summed E-state index contributed by atoms with van der Waals surface area (Å²) < 4.78 is 31.6. The largest absolute Gasteiger partial charge is 0.296 e. The van der Waals surface area contributed by atoms with Crippen LogP contribution in [-0.4, -0.2) is 9.38 Å². The van der Waals surface area contributed by atoms with E-state index in [0.29, 0.717) is 17.7 Å². The number of fused-ring (bicyclic) bond motifs is 1. The van der Waals surface area contributed by atoms with Gasteiger partial charge in [-0.05, 0) is 48.4 Å². The molecule has 0 saturated carbocycles. The Morgan fingerprint density at radius 1 is 0.684 bits per heavy atom. The van der Waals surface area contributed by atoms with E-state index in [1.807, 2.05) is 10.6 Å². The number of imidazole rings is 1. The number of hydrogen-bond acceptors (Lipinski definition) is 2. The second-order valence-corrected chi connectivity index (χ2v) is 11.6. The quantitative estimate of drug-likeness (QED) is 0.130. The lowest BCUT2D eigenvalue weighted by Crippen LogP contribution is -1.98. The van der Waals surface area contributed by atoms with Gasteiger partial charge in [0.25, 0.3) is 0 Å². The first-order valence-electron chi connectivity index (χ1n) is 14.7. The van der Waals surface area contributed by atoms with Crippen LogP contribution in [0.15, 0.2) is 48.8 Å². The summed E-state index contributed by atoms with van der Waals surface area (Å²) in [5.41, 5.74) is 3.70. The van der Waals surface area contributed by atoms with Crippen LogP contribution >= 0.6 is 11.3 Å². The first-order valence-corrected chi connectivity index (χ1v) is 15.5. The fourth-order valence-electron chi connectivity index (χ4n) is 5.08. The summed E-state index contributed by atoms with van der Waals surface area (Å²) in [4.78, 5) is 6.52.